The molecule has 3 aromatic rings. The molecule has 4 heterocycles. The number of ether oxygens (including phenoxy) is 2. The number of carbonyl (C=O) groups excluding carboxylic acids is 11. The lowest BCUT2D eigenvalue weighted by atomic mass is 9.85. The third-order valence-electron chi connectivity index (χ3n) is 15.6. The van der Waals surface area contributed by atoms with Crippen molar-refractivity contribution >= 4 is 86.8 Å². The zero-order valence-corrected chi connectivity index (χ0v) is 49.5. The van der Waals surface area contributed by atoms with Crippen molar-refractivity contribution in [3.63, 3.8) is 0 Å². The summed E-state index contributed by atoms with van der Waals surface area (Å²) >= 11 is 0. The Morgan fingerprint density at radius 2 is 1.51 bits per heavy atom. The molecule has 1 saturated heterocycles. The number of carbonyl (C=O) groups is 11. The highest BCUT2D eigenvalue weighted by atomic mass is 32.2. The van der Waals surface area contributed by atoms with Crippen LogP contribution < -0.4 is 37.1 Å². The number of aromatic nitrogens is 1. The van der Waals surface area contributed by atoms with E-state index in [1.165, 1.54) is 42.0 Å². The number of fused-ring (bicyclic) bond motifs is 5. The zero-order chi connectivity index (χ0) is 62.6. The Kier molecular flexibility index (Phi) is 23.3. The Morgan fingerprint density at radius 1 is 0.835 bits per heavy atom. The molecule has 11 N–H and O–H groups in total. The van der Waals surface area contributed by atoms with Crippen LogP contribution in [0, 0.1) is 30.6 Å². The van der Waals surface area contributed by atoms with E-state index in [1.807, 2.05) is 31.2 Å². The first-order chi connectivity index (χ1) is 40.2. The standard InChI is InChI=1S/C57H78N10O17S/c1-8-31(5)49-53(78)60-23-47(74)61-41-28-85(82)54-39(38-14-13-37(22-40(38)62-54)84-57(81)66(29(2)3)16-15-65(7)56(80)83-27-33-11-9-30(4)10-12-33)17-34(51(76)59-24-48(75)63-49)18-44(71)50(32(6)45(72)26-68)64-52(77)42-21-36(69)25-67(42)55(79)35(19-43(41)70)20-46(58)73/h9-14,22,29,31-32,34-36,41-42,45,49-50,62,68-69,72H,8,15-21,23-28H2,1-7H3,(H2,58,73)(H,59,76)(H,60,78)(H,61,74)(H,63,75)(H,64,77)/t31-,32-,34-,35-,36+,41-,42-,45-,49-,50-,85?/m0/s1. The highest BCUT2D eigenvalue weighted by Crippen LogP contribution is 2.33. The van der Waals surface area contributed by atoms with E-state index in [-0.39, 0.29) is 46.9 Å². The summed E-state index contributed by atoms with van der Waals surface area (Å²) in [6, 6.07) is 4.98. The summed E-state index contributed by atoms with van der Waals surface area (Å²) < 4.78 is 26.5. The van der Waals surface area contributed by atoms with Crippen molar-refractivity contribution in [2.75, 3.05) is 52.1 Å². The minimum Gasteiger partial charge on any atom is -0.445 e. The Bertz CT molecular complexity index is 3030. The van der Waals surface area contributed by atoms with Crippen LogP contribution in [0.2, 0.25) is 0 Å². The maximum absolute atomic E-state index is 15.2. The first kappa shape index (κ1) is 66.3. The zero-order valence-electron chi connectivity index (χ0n) is 48.7. The number of aromatic amines is 1. The SMILES string of the molecule is CC[C@H](C)[C@@H]1NC(=O)CNC(=O)[C@@H]2CC(=O)[C@H]([C@@H](C)[C@@H](O)CO)NC(=O)[C@@H]3C[C@@H](O)CN3C(=O)[C@H](CC(N)=O)CC(=O)[C@H](CS(=O)c3[nH]c4cc(OC(=O)N(CCN(C)C(=O)OCc5ccc(C)cc5)C(C)C)ccc4c3C2)NC(=O)CNC1=O. The monoisotopic (exact) mass is 1210 g/mol. The number of Topliss-reactive ketones (excluding diaryl/α,β-unsaturated/α-hetero) is 2. The van der Waals surface area contributed by atoms with Gasteiger partial charge in [0.2, 0.25) is 41.4 Å². The molecule has 28 heteroatoms. The van der Waals surface area contributed by atoms with E-state index < -0.39 is 206 Å². The number of hydrogen-bond donors (Lipinski definition) is 10. The van der Waals surface area contributed by atoms with Crippen molar-refractivity contribution in [1.82, 2.24) is 46.3 Å². The molecule has 464 valence electrons. The van der Waals surface area contributed by atoms with E-state index in [1.54, 1.807) is 27.7 Å². The molecule has 0 aliphatic carbocycles. The van der Waals surface area contributed by atoms with Gasteiger partial charge in [-0.2, -0.15) is 0 Å². The van der Waals surface area contributed by atoms with Crippen LogP contribution >= 0.6 is 0 Å². The molecule has 9 amide bonds. The lowest BCUT2D eigenvalue weighted by Crippen LogP contribution is -2.56. The molecule has 1 aromatic heterocycles. The number of likely N-dealkylation sites (N-methyl/N-ethyl adjacent to an activating group) is 1. The molecular weight excluding hydrogens is 1130 g/mol. The topological polar surface area (TPSA) is 396 Å². The quantitative estimate of drug-likeness (QED) is 0.0958. The summed E-state index contributed by atoms with van der Waals surface area (Å²) in [6.07, 6.45) is -7.41. The number of nitrogens with two attached hydrogens (primary N) is 1. The summed E-state index contributed by atoms with van der Waals surface area (Å²) in [4.78, 5) is 161. The number of primary amides is 1. The Hall–Kier alpha value is -7.82. The second-order valence-corrected chi connectivity index (χ2v) is 23.8. The summed E-state index contributed by atoms with van der Waals surface area (Å²) in [5.74, 6) is -14.3. The minimum absolute atomic E-state index is 0.0113. The van der Waals surface area contributed by atoms with Gasteiger partial charge >= 0.3 is 12.2 Å². The van der Waals surface area contributed by atoms with Crippen molar-refractivity contribution in [3.8, 4) is 5.75 Å². The minimum atomic E-state index is -2.44. The van der Waals surface area contributed by atoms with Gasteiger partial charge in [0.25, 0.3) is 0 Å². The molecule has 0 radical (unpaired) electrons. The Balaban J connectivity index is 1.46. The number of benzene rings is 2. The molecule has 3 aliphatic heterocycles. The Labute approximate surface area is 493 Å². The van der Waals surface area contributed by atoms with Gasteiger partial charge in [-0.15, -0.1) is 0 Å². The number of nitrogens with one attached hydrogen (secondary N) is 6. The summed E-state index contributed by atoms with van der Waals surface area (Å²) in [5.41, 5.74) is 7.67. The smallest absolute Gasteiger partial charge is 0.415 e. The maximum atomic E-state index is 15.2. The third-order valence-corrected chi connectivity index (χ3v) is 17.1. The van der Waals surface area contributed by atoms with Crippen LogP contribution in [-0.2, 0) is 71.7 Å². The van der Waals surface area contributed by atoms with Gasteiger partial charge < -0.3 is 76.8 Å². The first-order valence-electron chi connectivity index (χ1n) is 28.2. The fourth-order valence-corrected chi connectivity index (χ4v) is 11.8. The van der Waals surface area contributed by atoms with Crippen LogP contribution in [0.25, 0.3) is 10.9 Å². The lowest BCUT2D eigenvalue weighted by Gasteiger charge is -2.32. The average Bonchev–Trinajstić information content (AvgIpc) is 2.62. The van der Waals surface area contributed by atoms with E-state index in [0.29, 0.717) is 6.42 Å². The molecule has 0 spiro atoms. The largest absolute Gasteiger partial charge is 0.445 e. The predicted octanol–water partition coefficient (Wildman–Crippen LogP) is -0.658. The average molecular weight is 1210 g/mol. The van der Waals surface area contributed by atoms with E-state index in [0.717, 1.165) is 16.0 Å². The summed E-state index contributed by atoms with van der Waals surface area (Å²) in [5, 5.41) is 44.6. The summed E-state index contributed by atoms with van der Waals surface area (Å²) in [7, 11) is -0.924. The predicted molar refractivity (Wildman–Crippen MR) is 305 cm³/mol. The van der Waals surface area contributed by atoms with Gasteiger partial charge in [-0.3, -0.25) is 47.4 Å². The third kappa shape index (κ3) is 17.4. The summed E-state index contributed by atoms with van der Waals surface area (Å²) in [6.45, 7) is 7.30. The number of amides is 9. The lowest BCUT2D eigenvalue weighted by molar-refractivity contribution is -0.145. The molecule has 0 saturated carbocycles. The maximum Gasteiger partial charge on any atom is 0.415 e. The fraction of sp³-hybridized carbons (Fsp3) is 0.561. The van der Waals surface area contributed by atoms with Gasteiger partial charge in [0.05, 0.1) is 72.0 Å². The van der Waals surface area contributed by atoms with E-state index in [2.05, 4.69) is 31.6 Å². The number of H-pyrrole nitrogens is 1. The fourth-order valence-electron chi connectivity index (χ4n) is 10.3. The van der Waals surface area contributed by atoms with Crippen LogP contribution in [0.4, 0.5) is 9.59 Å². The van der Waals surface area contributed by atoms with E-state index >= 15 is 4.21 Å². The highest BCUT2D eigenvalue weighted by molar-refractivity contribution is 7.85. The van der Waals surface area contributed by atoms with Crippen LogP contribution in [0.15, 0.2) is 47.5 Å². The van der Waals surface area contributed by atoms with Gasteiger partial charge in [0.1, 0.15) is 29.5 Å². The number of hydrogen-bond acceptors (Lipinski definition) is 17. The molecular formula is C57H78N10O17S. The van der Waals surface area contributed by atoms with Crippen molar-refractivity contribution in [3.05, 3.63) is 59.2 Å². The van der Waals surface area contributed by atoms with Crippen LogP contribution in [0.1, 0.15) is 83.4 Å². The van der Waals surface area contributed by atoms with Crippen molar-refractivity contribution < 1.29 is 81.7 Å². The molecule has 1 unspecified atom stereocenters. The second-order valence-electron chi connectivity index (χ2n) is 22.4. The molecule has 11 atom stereocenters. The first-order valence-corrected chi connectivity index (χ1v) is 29.5. The van der Waals surface area contributed by atoms with E-state index in [9.17, 15) is 68.1 Å². The molecule has 6 rings (SSSR count). The van der Waals surface area contributed by atoms with Crippen LogP contribution in [-0.4, -0.2) is 199 Å². The molecule has 3 aliphatic rings. The highest BCUT2D eigenvalue weighted by Gasteiger charge is 2.45. The van der Waals surface area contributed by atoms with Crippen LogP contribution in [0.5, 0.6) is 5.75 Å². The number of ketones is 2. The number of aliphatic hydroxyl groups excluding tert-OH is 3. The number of aliphatic hydroxyl groups is 3. The Morgan fingerprint density at radius 3 is 2.15 bits per heavy atom. The normalized spacial score (nSPS) is 24.4. The van der Waals surface area contributed by atoms with Crippen LogP contribution in [0.3, 0.4) is 0 Å². The number of rotatable bonds is 14. The second kappa shape index (κ2) is 29.8. The molecule has 85 heavy (non-hydrogen) atoms. The van der Waals surface area contributed by atoms with Crippen molar-refractivity contribution in [2.24, 2.45) is 29.4 Å². The number of nitrogens with zero attached hydrogens (tertiary/aromatic N) is 3. The van der Waals surface area contributed by atoms with Gasteiger partial charge in [0.15, 0.2) is 11.6 Å². The van der Waals surface area contributed by atoms with Gasteiger partial charge in [-0.1, -0.05) is 57.0 Å². The van der Waals surface area contributed by atoms with Gasteiger partial charge in [0, 0.05) is 81.7 Å². The van der Waals surface area contributed by atoms with Crippen molar-refractivity contribution in [2.45, 2.75) is 134 Å². The molecule has 2 aromatic carbocycles. The molecule has 1 fully saturated rings. The van der Waals surface area contributed by atoms with Gasteiger partial charge in [-0.25, -0.2) is 9.59 Å². The molecule has 2 bridgehead atoms. The van der Waals surface area contributed by atoms with Gasteiger partial charge in [-0.05, 0) is 56.4 Å². The van der Waals surface area contributed by atoms with E-state index in [4.69, 9.17) is 15.2 Å². The number of aryl methyl sites for hydroxylation is 1. The molecule has 27 nitrogen and oxygen atoms in total. The van der Waals surface area contributed by atoms with Crippen molar-refractivity contribution in [1.29, 1.82) is 0 Å².